The van der Waals surface area contributed by atoms with Crippen LogP contribution < -0.4 is 4.90 Å². The van der Waals surface area contributed by atoms with Gasteiger partial charge in [-0.25, -0.2) is 0 Å². The van der Waals surface area contributed by atoms with Gasteiger partial charge >= 0.3 is 0 Å². The number of anilines is 3. The highest BCUT2D eigenvalue weighted by Gasteiger charge is 2.21. The van der Waals surface area contributed by atoms with Crippen LogP contribution in [0.1, 0.15) is 0 Å². The number of hydrogen-bond acceptors (Lipinski definition) is 1. The van der Waals surface area contributed by atoms with Gasteiger partial charge in [0.05, 0.1) is 0 Å². The lowest BCUT2D eigenvalue weighted by Crippen LogP contribution is -2.10. The van der Waals surface area contributed by atoms with Crippen molar-refractivity contribution < 1.29 is 0 Å². The van der Waals surface area contributed by atoms with Crippen molar-refractivity contribution in [3.8, 4) is 55.6 Å². The molecule has 304 valence electrons. The Morgan fingerprint density at radius 3 is 1.35 bits per heavy atom. The molecule has 12 aromatic carbocycles. The molecule has 0 amide bonds. The maximum absolute atomic E-state index is 2.42. The van der Waals surface area contributed by atoms with Crippen LogP contribution in [0, 0.1) is 0 Å². The molecule has 1 heteroatoms. The molecule has 0 aliphatic rings. The molecule has 0 aliphatic heterocycles. The van der Waals surface area contributed by atoms with Gasteiger partial charge < -0.3 is 4.90 Å². The first-order valence-electron chi connectivity index (χ1n) is 22.4. The van der Waals surface area contributed by atoms with E-state index in [4.69, 9.17) is 0 Å². The van der Waals surface area contributed by atoms with E-state index in [0.717, 1.165) is 17.1 Å². The van der Waals surface area contributed by atoms with Gasteiger partial charge in [-0.3, -0.25) is 0 Å². The van der Waals surface area contributed by atoms with Crippen LogP contribution in [0.5, 0.6) is 0 Å². The zero-order chi connectivity index (χ0) is 43.1. The molecule has 0 fully saturated rings. The second kappa shape index (κ2) is 16.3. The Labute approximate surface area is 379 Å². The summed E-state index contributed by atoms with van der Waals surface area (Å²) in [6.45, 7) is 0. The lowest BCUT2D eigenvalue weighted by atomic mass is 9.85. The van der Waals surface area contributed by atoms with Gasteiger partial charge in [0, 0.05) is 17.1 Å². The summed E-state index contributed by atoms with van der Waals surface area (Å²) in [5, 5.41) is 9.87. The van der Waals surface area contributed by atoms with Crippen molar-refractivity contribution >= 4 is 60.2 Å². The highest BCUT2D eigenvalue weighted by Crippen LogP contribution is 2.47. The molecular weight excluding hydrogens is 783 g/mol. The van der Waals surface area contributed by atoms with Gasteiger partial charge in [0.2, 0.25) is 0 Å². The van der Waals surface area contributed by atoms with Crippen molar-refractivity contribution in [2.24, 2.45) is 0 Å². The van der Waals surface area contributed by atoms with Crippen molar-refractivity contribution in [1.29, 1.82) is 0 Å². The number of hydrogen-bond donors (Lipinski definition) is 0. The zero-order valence-electron chi connectivity index (χ0n) is 35.8. The SMILES string of the molecule is c1ccc(-c2ccc3cc(N(c4ccc(-c5ccc(-c6cccc7ccccc67)cc5)cc4)c4ccc5c(c4)c(-c4ccccc4)c(-c4ccccc4)c4ccccc45)ccc3c2)cc1. The topological polar surface area (TPSA) is 3.24 Å². The molecule has 65 heavy (non-hydrogen) atoms. The standard InChI is InChI=1S/C64H43N/c1-4-15-44(16-5-1)51-31-32-53-42-55(38-35-52(53)41-51)65(54-36-33-46(34-37-54)45-27-29-48(30-28-45)58-26-14-22-47-17-10-11-23-57(47)58)56-39-40-60-59-24-12-13-25-61(59)63(49-18-6-2-7-19-49)64(62(60)43-56)50-20-8-3-9-21-50/h1-43H. The summed E-state index contributed by atoms with van der Waals surface area (Å²) in [5.74, 6) is 0. The van der Waals surface area contributed by atoms with Crippen LogP contribution in [0.2, 0.25) is 0 Å². The fraction of sp³-hybridized carbons (Fsp3) is 0. The number of benzene rings is 12. The van der Waals surface area contributed by atoms with Crippen LogP contribution >= 0.6 is 0 Å². The molecule has 0 N–H and O–H groups in total. The summed E-state index contributed by atoms with van der Waals surface area (Å²) in [5.41, 5.74) is 15.4. The second-order valence-electron chi connectivity index (χ2n) is 16.9. The van der Waals surface area contributed by atoms with E-state index in [1.54, 1.807) is 0 Å². The number of fused-ring (bicyclic) bond motifs is 5. The number of rotatable bonds is 8. The van der Waals surface area contributed by atoms with E-state index in [1.165, 1.54) is 98.7 Å². The Balaban J connectivity index is 1.02. The van der Waals surface area contributed by atoms with Gasteiger partial charge in [-0.2, -0.15) is 0 Å². The summed E-state index contributed by atoms with van der Waals surface area (Å²) in [6.07, 6.45) is 0. The molecule has 0 atom stereocenters. The largest absolute Gasteiger partial charge is 0.310 e. The molecule has 0 saturated carbocycles. The average molecular weight is 826 g/mol. The van der Waals surface area contributed by atoms with Gasteiger partial charge in [-0.15, -0.1) is 0 Å². The first-order valence-corrected chi connectivity index (χ1v) is 22.4. The maximum atomic E-state index is 2.42. The van der Waals surface area contributed by atoms with E-state index < -0.39 is 0 Å². The molecule has 0 aromatic heterocycles. The molecule has 0 aliphatic carbocycles. The highest BCUT2D eigenvalue weighted by atomic mass is 15.1. The minimum absolute atomic E-state index is 1.09. The van der Waals surface area contributed by atoms with E-state index in [-0.39, 0.29) is 0 Å². The van der Waals surface area contributed by atoms with Crippen molar-refractivity contribution in [3.63, 3.8) is 0 Å². The Hall–Kier alpha value is -8.52. The minimum Gasteiger partial charge on any atom is -0.310 e. The molecule has 0 spiro atoms. The third-order valence-corrected chi connectivity index (χ3v) is 13.0. The molecule has 0 heterocycles. The van der Waals surface area contributed by atoms with E-state index >= 15 is 0 Å². The van der Waals surface area contributed by atoms with E-state index in [9.17, 15) is 0 Å². The fourth-order valence-electron chi connectivity index (χ4n) is 9.88. The molecule has 0 saturated heterocycles. The summed E-state index contributed by atoms with van der Waals surface area (Å²) in [6, 6.07) is 95.3. The Kier molecular flexibility index (Phi) is 9.58. The zero-order valence-corrected chi connectivity index (χ0v) is 35.8. The van der Waals surface area contributed by atoms with Crippen LogP contribution in [0.15, 0.2) is 261 Å². The van der Waals surface area contributed by atoms with Gasteiger partial charge in [0.15, 0.2) is 0 Å². The summed E-state index contributed by atoms with van der Waals surface area (Å²) >= 11 is 0. The van der Waals surface area contributed by atoms with E-state index in [1.807, 2.05) is 0 Å². The van der Waals surface area contributed by atoms with Crippen molar-refractivity contribution in [1.82, 2.24) is 0 Å². The molecule has 0 bridgehead atoms. The third kappa shape index (κ3) is 7.01. The predicted octanol–water partition coefficient (Wildman–Crippen LogP) is 18.1. The van der Waals surface area contributed by atoms with Crippen LogP contribution in [0.3, 0.4) is 0 Å². The second-order valence-corrected chi connectivity index (χ2v) is 16.9. The molecule has 0 unspecified atom stereocenters. The summed E-state index contributed by atoms with van der Waals surface area (Å²) < 4.78 is 0. The summed E-state index contributed by atoms with van der Waals surface area (Å²) in [7, 11) is 0. The van der Waals surface area contributed by atoms with Crippen LogP contribution in [-0.2, 0) is 0 Å². The summed E-state index contributed by atoms with van der Waals surface area (Å²) in [4.78, 5) is 2.42. The Morgan fingerprint density at radius 2 is 0.646 bits per heavy atom. The van der Waals surface area contributed by atoms with Crippen molar-refractivity contribution in [2.45, 2.75) is 0 Å². The molecule has 12 aromatic rings. The lowest BCUT2D eigenvalue weighted by molar-refractivity contribution is 1.29. The first-order chi connectivity index (χ1) is 32.2. The average Bonchev–Trinajstić information content (AvgIpc) is 3.39. The third-order valence-electron chi connectivity index (χ3n) is 13.0. The Bertz CT molecular complexity index is 3660. The van der Waals surface area contributed by atoms with Crippen LogP contribution in [-0.4, -0.2) is 0 Å². The first kappa shape index (κ1) is 38.2. The normalized spacial score (nSPS) is 11.4. The lowest BCUT2D eigenvalue weighted by Gasteiger charge is -2.27. The molecular formula is C64H43N. The highest BCUT2D eigenvalue weighted by molar-refractivity contribution is 6.22. The van der Waals surface area contributed by atoms with Crippen LogP contribution in [0.25, 0.3) is 98.7 Å². The smallest absolute Gasteiger partial charge is 0.0468 e. The minimum atomic E-state index is 1.09. The van der Waals surface area contributed by atoms with Gasteiger partial charge in [-0.05, 0) is 141 Å². The van der Waals surface area contributed by atoms with E-state index in [2.05, 4.69) is 266 Å². The quantitative estimate of drug-likeness (QED) is 0.138. The van der Waals surface area contributed by atoms with Crippen LogP contribution in [0.4, 0.5) is 17.1 Å². The van der Waals surface area contributed by atoms with E-state index in [0.29, 0.717) is 0 Å². The maximum Gasteiger partial charge on any atom is 0.0468 e. The van der Waals surface area contributed by atoms with Crippen molar-refractivity contribution in [2.75, 3.05) is 4.90 Å². The van der Waals surface area contributed by atoms with Gasteiger partial charge in [0.25, 0.3) is 0 Å². The van der Waals surface area contributed by atoms with Crippen molar-refractivity contribution in [3.05, 3.63) is 261 Å². The molecule has 0 radical (unpaired) electrons. The molecule has 12 rings (SSSR count). The predicted molar refractivity (Wildman–Crippen MR) is 278 cm³/mol. The Morgan fingerprint density at radius 1 is 0.200 bits per heavy atom. The monoisotopic (exact) mass is 825 g/mol. The van der Waals surface area contributed by atoms with Gasteiger partial charge in [0.1, 0.15) is 0 Å². The van der Waals surface area contributed by atoms with Gasteiger partial charge in [-0.1, -0.05) is 218 Å². The molecule has 1 nitrogen and oxygen atoms in total. The number of nitrogens with zero attached hydrogens (tertiary/aromatic N) is 1. The fourth-order valence-corrected chi connectivity index (χ4v) is 9.88.